The first-order chi connectivity index (χ1) is 8.78. The van der Waals surface area contributed by atoms with Crippen LogP contribution in [0.25, 0.3) is 0 Å². The fourth-order valence-electron chi connectivity index (χ4n) is 2.05. The largest absolute Gasteiger partial charge is 0.384 e. The summed E-state index contributed by atoms with van der Waals surface area (Å²) in [6.07, 6.45) is 0. The molecular weight excluding hydrogens is 292 g/mol. The molecule has 1 heterocycles. The zero-order chi connectivity index (χ0) is 12.8. The van der Waals surface area contributed by atoms with Crippen molar-refractivity contribution in [2.45, 2.75) is 0 Å². The molecule has 0 saturated carbocycles. The Kier molecular flexibility index (Phi) is 5.00. The van der Waals surface area contributed by atoms with Gasteiger partial charge in [0.15, 0.2) is 0 Å². The van der Waals surface area contributed by atoms with Crippen molar-refractivity contribution < 1.29 is 0 Å². The molecule has 0 bridgehead atoms. The SMILES string of the molecule is N#Cc1cc(Br)cc(NCCN2CCNCC2)c1. The van der Waals surface area contributed by atoms with Crippen molar-refractivity contribution in [3.63, 3.8) is 0 Å². The number of piperazine rings is 1. The molecule has 0 amide bonds. The number of nitrogens with zero attached hydrogens (tertiary/aromatic N) is 2. The van der Waals surface area contributed by atoms with Gasteiger partial charge in [-0.15, -0.1) is 0 Å². The number of rotatable bonds is 4. The molecule has 1 saturated heterocycles. The van der Waals surface area contributed by atoms with Crippen LogP contribution in [-0.2, 0) is 0 Å². The van der Waals surface area contributed by atoms with Crippen LogP contribution in [0.1, 0.15) is 5.56 Å². The van der Waals surface area contributed by atoms with Crippen LogP contribution in [-0.4, -0.2) is 44.2 Å². The average molecular weight is 309 g/mol. The highest BCUT2D eigenvalue weighted by Crippen LogP contribution is 2.18. The van der Waals surface area contributed by atoms with Crippen LogP contribution in [0.5, 0.6) is 0 Å². The van der Waals surface area contributed by atoms with Crippen molar-refractivity contribution >= 4 is 21.6 Å². The van der Waals surface area contributed by atoms with E-state index in [-0.39, 0.29) is 0 Å². The van der Waals surface area contributed by atoms with Gasteiger partial charge in [-0.2, -0.15) is 5.26 Å². The Morgan fingerprint density at radius 3 is 2.83 bits per heavy atom. The van der Waals surface area contributed by atoms with Crippen LogP contribution in [0.2, 0.25) is 0 Å². The third-order valence-electron chi connectivity index (χ3n) is 2.99. The average Bonchev–Trinajstić information content (AvgIpc) is 2.39. The normalized spacial score (nSPS) is 16.2. The number of nitrogens with one attached hydrogen (secondary N) is 2. The summed E-state index contributed by atoms with van der Waals surface area (Å²) < 4.78 is 0.936. The summed E-state index contributed by atoms with van der Waals surface area (Å²) in [5, 5.41) is 15.6. The lowest BCUT2D eigenvalue weighted by molar-refractivity contribution is 0.249. The molecule has 5 heteroatoms. The zero-order valence-corrected chi connectivity index (χ0v) is 11.8. The minimum absolute atomic E-state index is 0.675. The predicted molar refractivity (Wildman–Crippen MR) is 76.7 cm³/mol. The number of hydrogen-bond donors (Lipinski definition) is 2. The summed E-state index contributed by atoms with van der Waals surface area (Å²) in [5.74, 6) is 0. The van der Waals surface area contributed by atoms with Crippen molar-refractivity contribution in [2.24, 2.45) is 0 Å². The predicted octanol–water partition coefficient (Wildman–Crippen LogP) is 1.64. The number of halogens is 1. The van der Waals surface area contributed by atoms with E-state index in [1.165, 1.54) is 0 Å². The van der Waals surface area contributed by atoms with Crippen LogP contribution in [0.3, 0.4) is 0 Å². The number of nitriles is 1. The summed E-state index contributed by atoms with van der Waals surface area (Å²) in [4.78, 5) is 2.44. The van der Waals surface area contributed by atoms with Crippen LogP contribution < -0.4 is 10.6 Å². The molecule has 1 aliphatic heterocycles. The Bertz CT molecular complexity index is 435. The topological polar surface area (TPSA) is 51.1 Å². The Morgan fingerprint density at radius 2 is 2.11 bits per heavy atom. The van der Waals surface area contributed by atoms with Gasteiger partial charge in [0.1, 0.15) is 0 Å². The van der Waals surface area contributed by atoms with Gasteiger partial charge in [-0.1, -0.05) is 15.9 Å². The quantitative estimate of drug-likeness (QED) is 0.888. The molecule has 0 spiro atoms. The van der Waals surface area contributed by atoms with E-state index in [2.05, 4.69) is 37.5 Å². The van der Waals surface area contributed by atoms with Crippen LogP contribution in [0, 0.1) is 11.3 Å². The van der Waals surface area contributed by atoms with Crippen LogP contribution in [0.15, 0.2) is 22.7 Å². The summed E-state index contributed by atoms with van der Waals surface area (Å²) in [7, 11) is 0. The molecule has 2 N–H and O–H groups in total. The molecule has 4 nitrogen and oxygen atoms in total. The summed E-state index contributed by atoms with van der Waals surface area (Å²) >= 11 is 3.41. The minimum atomic E-state index is 0.675. The molecule has 96 valence electrons. The van der Waals surface area contributed by atoms with E-state index in [0.717, 1.165) is 49.4 Å². The summed E-state index contributed by atoms with van der Waals surface area (Å²) in [5.41, 5.74) is 1.67. The second-order valence-corrected chi connectivity index (χ2v) is 5.27. The third kappa shape index (κ3) is 3.98. The third-order valence-corrected chi connectivity index (χ3v) is 3.45. The van der Waals surface area contributed by atoms with Gasteiger partial charge in [0.05, 0.1) is 11.6 Å². The fraction of sp³-hybridized carbons (Fsp3) is 0.462. The second kappa shape index (κ2) is 6.74. The van der Waals surface area contributed by atoms with E-state index in [0.29, 0.717) is 5.56 Å². The first-order valence-corrected chi connectivity index (χ1v) is 6.95. The van der Waals surface area contributed by atoms with Crippen LogP contribution >= 0.6 is 15.9 Å². The van der Waals surface area contributed by atoms with Crippen LogP contribution in [0.4, 0.5) is 5.69 Å². The zero-order valence-electron chi connectivity index (χ0n) is 10.2. The van der Waals surface area contributed by atoms with Crippen molar-refractivity contribution in [2.75, 3.05) is 44.6 Å². The Hall–Kier alpha value is -1.09. The number of benzene rings is 1. The molecule has 2 rings (SSSR count). The highest BCUT2D eigenvalue weighted by molar-refractivity contribution is 9.10. The van der Waals surface area contributed by atoms with Crippen molar-refractivity contribution in [3.05, 3.63) is 28.2 Å². The summed E-state index contributed by atoms with van der Waals surface area (Å²) in [6.45, 7) is 6.33. The molecule has 0 radical (unpaired) electrons. The Balaban J connectivity index is 1.82. The molecule has 1 aromatic carbocycles. The molecule has 18 heavy (non-hydrogen) atoms. The lowest BCUT2D eigenvalue weighted by Gasteiger charge is -2.27. The maximum atomic E-state index is 8.90. The van der Waals surface area contributed by atoms with E-state index in [4.69, 9.17) is 5.26 Å². The van der Waals surface area contributed by atoms with Crippen molar-refractivity contribution in [1.29, 1.82) is 5.26 Å². The van der Waals surface area contributed by atoms with Gasteiger partial charge in [0.25, 0.3) is 0 Å². The Labute approximate surface area is 116 Å². The highest BCUT2D eigenvalue weighted by Gasteiger charge is 2.08. The summed E-state index contributed by atoms with van der Waals surface area (Å²) in [6, 6.07) is 7.86. The first-order valence-electron chi connectivity index (χ1n) is 6.15. The van der Waals surface area contributed by atoms with Crippen molar-refractivity contribution in [1.82, 2.24) is 10.2 Å². The van der Waals surface area contributed by atoms with E-state index >= 15 is 0 Å². The minimum Gasteiger partial charge on any atom is -0.384 e. The molecule has 0 atom stereocenters. The second-order valence-electron chi connectivity index (χ2n) is 4.36. The molecule has 0 unspecified atom stereocenters. The van der Waals surface area contributed by atoms with E-state index < -0.39 is 0 Å². The van der Waals surface area contributed by atoms with Gasteiger partial charge >= 0.3 is 0 Å². The molecule has 1 aliphatic rings. The van der Waals surface area contributed by atoms with E-state index in [1.54, 1.807) is 0 Å². The van der Waals surface area contributed by atoms with Gasteiger partial charge in [-0.05, 0) is 18.2 Å². The van der Waals surface area contributed by atoms with Crippen molar-refractivity contribution in [3.8, 4) is 6.07 Å². The number of anilines is 1. The lowest BCUT2D eigenvalue weighted by atomic mass is 10.2. The van der Waals surface area contributed by atoms with Gasteiger partial charge < -0.3 is 10.6 Å². The lowest BCUT2D eigenvalue weighted by Crippen LogP contribution is -2.45. The molecular formula is C13H17BrN4. The van der Waals surface area contributed by atoms with Gasteiger partial charge in [0.2, 0.25) is 0 Å². The Morgan fingerprint density at radius 1 is 1.33 bits per heavy atom. The molecule has 1 fully saturated rings. The standard InChI is InChI=1S/C13H17BrN4/c14-12-7-11(10-15)8-13(9-12)17-3-6-18-4-1-16-2-5-18/h7-9,16-17H,1-6H2. The van der Waals surface area contributed by atoms with E-state index in [1.807, 2.05) is 18.2 Å². The fourth-order valence-corrected chi connectivity index (χ4v) is 2.54. The van der Waals surface area contributed by atoms with Gasteiger partial charge in [-0.3, -0.25) is 4.90 Å². The highest BCUT2D eigenvalue weighted by atomic mass is 79.9. The monoisotopic (exact) mass is 308 g/mol. The molecule has 1 aromatic rings. The smallest absolute Gasteiger partial charge is 0.0992 e. The maximum Gasteiger partial charge on any atom is 0.0992 e. The number of hydrogen-bond acceptors (Lipinski definition) is 4. The maximum absolute atomic E-state index is 8.90. The molecule has 0 aliphatic carbocycles. The first kappa shape index (κ1) is 13.3. The van der Waals surface area contributed by atoms with E-state index in [9.17, 15) is 0 Å². The van der Waals surface area contributed by atoms with Gasteiger partial charge in [-0.25, -0.2) is 0 Å². The van der Waals surface area contributed by atoms with Gasteiger partial charge in [0, 0.05) is 49.4 Å². The molecule has 0 aromatic heterocycles.